The van der Waals surface area contributed by atoms with E-state index in [0.29, 0.717) is 23.7 Å². The molecule has 2 aliphatic carbocycles. The number of hydrogen-bond acceptors (Lipinski definition) is 2. The number of carbonyl (C=O) groups excluding carboxylic acids is 1. The summed E-state index contributed by atoms with van der Waals surface area (Å²) in [5.41, 5.74) is 4.78. The molecule has 1 aromatic carbocycles. The summed E-state index contributed by atoms with van der Waals surface area (Å²) >= 11 is 6.32. The summed E-state index contributed by atoms with van der Waals surface area (Å²) in [6.45, 7) is 0.496. The molecule has 4 nitrogen and oxygen atoms in total. The van der Waals surface area contributed by atoms with E-state index in [0.717, 1.165) is 36.8 Å². The number of carboxylic acids is 1. The summed E-state index contributed by atoms with van der Waals surface area (Å²) in [6, 6.07) is 7.59. The molecule has 128 valence electrons. The maximum Gasteiger partial charge on any atom is 0.339 e. The minimum Gasteiger partial charge on any atom is -0.478 e. The molecule has 1 N–H and O–H groups in total. The van der Waals surface area contributed by atoms with Gasteiger partial charge in [-0.25, -0.2) is 4.79 Å². The van der Waals surface area contributed by atoms with Crippen LogP contribution in [0.3, 0.4) is 0 Å². The number of Topliss-reactive ketones (excluding diaryl/α,β-unsaturated/α-hetero) is 1. The van der Waals surface area contributed by atoms with Gasteiger partial charge in [-0.15, -0.1) is 0 Å². The number of allylic oxidation sites excluding steroid dienone is 1. The lowest BCUT2D eigenvalue weighted by molar-refractivity contribution is -0.132. The topological polar surface area (TPSA) is 59.3 Å². The predicted molar refractivity (Wildman–Crippen MR) is 95.4 cm³/mol. The first kappa shape index (κ1) is 16.2. The zero-order chi connectivity index (χ0) is 17.6. The Morgan fingerprint density at radius 1 is 1.16 bits per heavy atom. The molecule has 1 heterocycles. The normalized spacial score (nSPS) is 16.2. The molecule has 0 fully saturated rings. The van der Waals surface area contributed by atoms with E-state index in [-0.39, 0.29) is 11.4 Å². The van der Waals surface area contributed by atoms with Crippen molar-refractivity contribution in [3.05, 3.63) is 69.0 Å². The summed E-state index contributed by atoms with van der Waals surface area (Å²) in [5, 5.41) is 10.0. The number of ketones is 1. The number of fused-ring (bicyclic) bond motifs is 3. The van der Waals surface area contributed by atoms with Gasteiger partial charge in [0, 0.05) is 17.3 Å². The van der Waals surface area contributed by atoms with Gasteiger partial charge in [0.15, 0.2) is 0 Å². The quantitative estimate of drug-likeness (QED) is 0.851. The number of rotatable bonds is 3. The number of aliphatic carboxylic acids is 1. The van der Waals surface area contributed by atoms with Crippen LogP contribution in [0.5, 0.6) is 0 Å². The van der Waals surface area contributed by atoms with Crippen molar-refractivity contribution in [2.24, 2.45) is 0 Å². The van der Waals surface area contributed by atoms with Crippen molar-refractivity contribution in [1.29, 1.82) is 0 Å². The summed E-state index contributed by atoms with van der Waals surface area (Å²) < 4.78 is 2.02. The highest BCUT2D eigenvalue weighted by atomic mass is 35.5. The Hall–Kier alpha value is -2.33. The van der Waals surface area contributed by atoms with Crippen molar-refractivity contribution < 1.29 is 14.7 Å². The number of aromatic nitrogens is 1. The molecule has 2 aliphatic rings. The smallest absolute Gasteiger partial charge is 0.339 e. The highest BCUT2D eigenvalue weighted by molar-refractivity contribution is 6.31. The standard InChI is InChI=1S/C20H18ClNO3/c21-16-7-3-1-5-12(16)11-22-17-8-4-2-6-13(17)14-9-10-15(20(24)25)19(23)18(14)22/h1,3,5,7,10H,2,4,6,8-9,11H2,(H,24,25). The largest absolute Gasteiger partial charge is 0.478 e. The molecule has 0 saturated carbocycles. The Bertz CT molecular complexity index is 923. The Balaban J connectivity index is 1.87. The van der Waals surface area contributed by atoms with Gasteiger partial charge in [0.1, 0.15) is 5.57 Å². The third-order valence-electron chi connectivity index (χ3n) is 5.17. The molecule has 0 amide bonds. The van der Waals surface area contributed by atoms with Crippen LogP contribution >= 0.6 is 11.6 Å². The minimum atomic E-state index is -1.15. The second kappa shape index (κ2) is 6.19. The summed E-state index contributed by atoms with van der Waals surface area (Å²) in [6.07, 6.45) is 6.15. The summed E-state index contributed by atoms with van der Waals surface area (Å²) in [5.74, 6) is -1.53. The van der Waals surface area contributed by atoms with Gasteiger partial charge in [-0.2, -0.15) is 0 Å². The van der Waals surface area contributed by atoms with Crippen LogP contribution in [-0.2, 0) is 30.6 Å². The van der Waals surface area contributed by atoms with E-state index < -0.39 is 5.97 Å². The highest BCUT2D eigenvalue weighted by Gasteiger charge is 2.34. The summed E-state index contributed by atoms with van der Waals surface area (Å²) in [7, 11) is 0. The van der Waals surface area contributed by atoms with Crippen LogP contribution in [-0.4, -0.2) is 21.4 Å². The maximum absolute atomic E-state index is 12.9. The van der Waals surface area contributed by atoms with E-state index in [1.54, 1.807) is 6.08 Å². The first-order chi connectivity index (χ1) is 12.1. The number of hydrogen-bond donors (Lipinski definition) is 1. The van der Waals surface area contributed by atoms with Crippen molar-refractivity contribution in [2.45, 2.75) is 38.6 Å². The second-order valence-electron chi connectivity index (χ2n) is 6.59. The van der Waals surface area contributed by atoms with Gasteiger partial charge in [-0.05, 0) is 54.9 Å². The molecule has 0 spiro atoms. The van der Waals surface area contributed by atoms with Gasteiger partial charge in [0.25, 0.3) is 0 Å². The fourth-order valence-corrected chi connectivity index (χ4v) is 4.21. The Kier molecular flexibility index (Phi) is 4.00. The van der Waals surface area contributed by atoms with Gasteiger partial charge >= 0.3 is 5.97 Å². The molecule has 0 unspecified atom stereocenters. The predicted octanol–water partition coefficient (Wildman–Crippen LogP) is 3.82. The van der Waals surface area contributed by atoms with Crippen molar-refractivity contribution in [3.63, 3.8) is 0 Å². The summed E-state index contributed by atoms with van der Waals surface area (Å²) in [4.78, 5) is 24.3. The van der Waals surface area contributed by atoms with Gasteiger partial charge in [0.2, 0.25) is 5.78 Å². The molecule has 4 rings (SSSR count). The van der Waals surface area contributed by atoms with Crippen LogP contribution in [0, 0.1) is 0 Å². The van der Waals surface area contributed by atoms with Crippen LogP contribution in [0.25, 0.3) is 0 Å². The lowest BCUT2D eigenvalue weighted by Gasteiger charge is -2.17. The van der Waals surface area contributed by atoms with E-state index in [1.165, 1.54) is 11.3 Å². The van der Waals surface area contributed by atoms with E-state index in [2.05, 4.69) is 0 Å². The fraction of sp³-hybridized carbons (Fsp3) is 0.300. The van der Waals surface area contributed by atoms with E-state index in [4.69, 9.17) is 11.6 Å². The van der Waals surface area contributed by atoms with Crippen LogP contribution in [0.1, 0.15) is 45.7 Å². The SMILES string of the molecule is O=C(O)C1=CCc2c3c(n(Cc4ccccc4Cl)c2C1=O)CCCC3. The molecule has 25 heavy (non-hydrogen) atoms. The second-order valence-corrected chi connectivity index (χ2v) is 7.00. The third kappa shape index (κ3) is 2.61. The molecule has 0 aliphatic heterocycles. The molecule has 1 aromatic heterocycles. The molecule has 0 bridgehead atoms. The first-order valence-corrected chi connectivity index (χ1v) is 8.90. The molecular formula is C20H18ClNO3. The average Bonchev–Trinajstić information content (AvgIpc) is 2.92. The van der Waals surface area contributed by atoms with Crippen molar-refractivity contribution in [1.82, 2.24) is 4.57 Å². The van der Waals surface area contributed by atoms with Gasteiger partial charge in [0.05, 0.1) is 5.69 Å². The lowest BCUT2D eigenvalue weighted by Crippen LogP contribution is -2.22. The first-order valence-electron chi connectivity index (χ1n) is 8.52. The van der Waals surface area contributed by atoms with Crippen LogP contribution in [0.2, 0.25) is 5.02 Å². The average molecular weight is 356 g/mol. The Morgan fingerprint density at radius 3 is 2.68 bits per heavy atom. The maximum atomic E-state index is 12.9. The Morgan fingerprint density at radius 2 is 1.92 bits per heavy atom. The monoisotopic (exact) mass is 355 g/mol. The van der Waals surface area contributed by atoms with E-state index in [9.17, 15) is 14.7 Å². The zero-order valence-electron chi connectivity index (χ0n) is 13.7. The third-order valence-corrected chi connectivity index (χ3v) is 5.54. The molecule has 0 radical (unpaired) electrons. The van der Waals surface area contributed by atoms with Crippen molar-refractivity contribution >= 4 is 23.4 Å². The Labute approximate surface area is 150 Å². The van der Waals surface area contributed by atoms with Crippen LogP contribution < -0.4 is 0 Å². The number of nitrogens with zero attached hydrogens (tertiary/aromatic N) is 1. The van der Waals surface area contributed by atoms with Crippen molar-refractivity contribution in [3.8, 4) is 0 Å². The van der Waals surface area contributed by atoms with Crippen molar-refractivity contribution in [2.75, 3.05) is 0 Å². The highest BCUT2D eigenvalue weighted by Crippen LogP contribution is 2.35. The number of carboxylic acid groups (broad SMARTS) is 1. The zero-order valence-corrected chi connectivity index (χ0v) is 14.5. The number of benzene rings is 1. The van der Waals surface area contributed by atoms with Crippen LogP contribution in [0.4, 0.5) is 0 Å². The van der Waals surface area contributed by atoms with E-state index in [1.807, 2.05) is 28.8 Å². The molecule has 0 atom stereocenters. The van der Waals surface area contributed by atoms with Gasteiger partial charge < -0.3 is 9.67 Å². The van der Waals surface area contributed by atoms with Gasteiger partial charge in [-0.3, -0.25) is 4.79 Å². The van der Waals surface area contributed by atoms with Gasteiger partial charge in [-0.1, -0.05) is 35.9 Å². The minimum absolute atomic E-state index is 0.122. The number of carbonyl (C=O) groups is 2. The molecule has 0 saturated heterocycles. The fourth-order valence-electron chi connectivity index (χ4n) is 4.01. The van der Waals surface area contributed by atoms with Crippen LogP contribution in [0.15, 0.2) is 35.9 Å². The molecule has 2 aromatic rings. The molecule has 5 heteroatoms. The lowest BCUT2D eigenvalue weighted by atomic mass is 9.89. The molecular weight excluding hydrogens is 338 g/mol. The number of halogens is 1. The van der Waals surface area contributed by atoms with E-state index >= 15 is 0 Å².